The summed E-state index contributed by atoms with van der Waals surface area (Å²) >= 11 is 0. The lowest BCUT2D eigenvalue weighted by atomic mass is 9.82. The van der Waals surface area contributed by atoms with Crippen molar-refractivity contribution in [2.45, 2.75) is 25.4 Å². The number of carbonyl (C=O) groups excluding carboxylic acids is 1. The number of nitrogens with one attached hydrogen (secondary N) is 1. The van der Waals surface area contributed by atoms with Gasteiger partial charge in [-0.3, -0.25) is 14.5 Å². The van der Waals surface area contributed by atoms with E-state index in [4.69, 9.17) is 4.74 Å². The number of morpholine rings is 1. The van der Waals surface area contributed by atoms with Crippen LogP contribution in [0.3, 0.4) is 0 Å². The number of pyridine rings is 1. The number of carbonyl (C=O) groups is 1. The Balaban J connectivity index is 1.26. The number of rotatable bonds is 3. The van der Waals surface area contributed by atoms with Gasteiger partial charge in [0.2, 0.25) is 0 Å². The molecule has 2 atom stereocenters. The van der Waals surface area contributed by atoms with Gasteiger partial charge in [-0.15, -0.1) is 0 Å². The van der Waals surface area contributed by atoms with Crippen LogP contribution in [0.5, 0.6) is 0 Å². The predicted molar refractivity (Wildman–Crippen MR) is 122 cm³/mol. The summed E-state index contributed by atoms with van der Waals surface area (Å²) in [4.78, 5) is 34.2. The summed E-state index contributed by atoms with van der Waals surface area (Å²) < 4.78 is 7.42. The molecule has 3 aliphatic rings. The van der Waals surface area contributed by atoms with Crippen molar-refractivity contribution in [2.75, 3.05) is 39.4 Å². The molecule has 7 nitrogen and oxygen atoms in total. The molecule has 1 aromatic carbocycles. The number of hydrogen-bond donors (Lipinski definition) is 1. The monoisotopic (exact) mass is 432 g/mol. The molecule has 0 saturated carbocycles. The number of amides is 1. The fourth-order valence-electron chi connectivity index (χ4n) is 5.72. The topological polar surface area (TPSA) is 70.6 Å². The molecule has 6 rings (SSSR count). The lowest BCUT2D eigenvalue weighted by Gasteiger charge is -2.43. The molecule has 5 heterocycles. The zero-order valence-electron chi connectivity index (χ0n) is 18.1. The molecule has 0 aliphatic carbocycles. The number of fused-ring (bicyclic) bond motifs is 5. The zero-order valence-corrected chi connectivity index (χ0v) is 18.1. The van der Waals surface area contributed by atoms with Gasteiger partial charge in [0.05, 0.1) is 13.2 Å². The summed E-state index contributed by atoms with van der Waals surface area (Å²) in [5.74, 6) is 0.610. The number of hydrogen-bond acceptors (Lipinski definition) is 4. The molecule has 7 heteroatoms. The van der Waals surface area contributed by atoms with E-state index < -0.39 is 0 Å². The van der Waals surface area contributed by atoms with Crippen molar-refractivity contribution in [2.24, 2.45) is 5.92 Å². The van der Waals surface area contributed by atoms with Gasteiger partial charge in [-0.25, -0.2) is 0 Å². The van der Waals surface area contributed by atoms with Gasteiger partial charge in [-0.1, -0.05) is 12.1 Å². The maximum absolute atomic E-state index is 13.4. The molecule has 1 amide bonds. The van der Waals surface area contributed by atoms with Gasteiger partial charge in [-0.2, -0.15) is 0 Å². The van der Waals surface area contributed by atoms with Crippen LogP contribution in [0.2, 0.25) is 0 Å². The van der Waals surface area contributed by atoms with Gasteiger partial charge >= 0.3 is 0 Å². The van der Waals surface area contributed by atoms with E-state index >= 15 is 0 Å². The highest BCUT2D eigenvalue weighted by atomic mass is 16.5. The Morgan fingerprint density at radius 2 is 1.94 bits per heavy atom. The molecule has 0 unspecified atom stereocenters. The number of nitrogens with zero attached hydrogens (tertiary/aromatic N) is 3. The number of ether oxygens (including phenoxy) is 1. The van der Waals surface area contributed by atoms with E-state index in [0.29, 0.717) is 32.1 Å². The van der Waals surface area contributed by atoms with E-state index in [1.165, 1.54) is 0 Å². The summed E-state index contributed by atoms with van der Waals surface area (Å²) in [5, 5.41) is 0.970. The molecule has 2 bridgehead atoms. The van der Waals surface area contributed by atoms with Gasteiger partial charge in [0, 0.05) is 79.1 Å². The molecule has 2 saturated heterocycles. The Morgan fingerprint density at radius 1 is 1.06 bits per heavy atom. The average Bonchev–Trinajstić information content (AvgIpc) is 3.30. The van der Waals surface area contributed by atoms with Crippen molar-refractivity contribution < 1.29 is 9.53 Å². The normalized spacial score (nSPS) is 23.3. The summed E-state index contributed by atoms with van der Waals surface area (Å²) in [5.41, 5.74) is 3.82. The van der Waals surface area contributed by atoms with Gasteiger partial charge in [0.25, 0.3) is 11.5 Å². The second-order valence-corrected chi connectivity index (χ2v) is 9.34. The molecule has 2 aromatic heterocycles. The highest BCUT2D eigenvalue weighted by Crippen LogP contribution is 2.36. The third kappa shape index (κ3) is 3.36. The van der Waals surface area contributed by atoms with E-state index in [1.54, 1.807) is 0 Å². The van der Waals surface area contributed by atoms with Crippen molar-refractivity contribution in [3.63, 3.8) is 0 Å². The second-order valence-electron chi connectivity index (χ2n) is 9.34. The first-order valence-corrected chi connectivity index (χ1v) is 11.6. The first-order chi connectivity index (χ1) is 15.7. The van der Waals surface area contributed by atoms with Crippen molar-refractivity contribution in [1.29, 1.82) is 0 Å². The quantitative estimate of drug-likeness (QED) is 0.690. The van der Waals surface area contributed by atoms with Crippen molar-refractivity contribution in [1.82, 2.24) is 19.4 Å². The van der Waals surface area contributed by atoms with E-state index in [1.807, 2.05) is 46.0 Å². The van der Waals surface area contributed by atoms with Gasteiger partial charge in [0.1, 0.15) is 0 Å². The van der Waals surface area contributed by atoms with E-state index in [2.05, 4.69) is 16.0 Å². The molecular formula is C25H28N4O3. The standard InChI is InChI=1S/C25H28N4O3/c30-24-18(15-27-8-10-32-11-9-27)4-5-23-19-12-17(14-29(23)24)13-28(16-19)25(31)21-2-1-3-22-20(21)6-7-26-22/h1-7,17,19,26H,8-16H2/t17-,19+/m0/s1. The third-order valence-corrected chi connectivity index (χ3v) is 7.29. The number of piperidine rings is 1. The van der Waals surface area contributed by atoms with Crippen LogP contribution in [0.1, 0.15) is 34.0 Å². The average molecular weight is 433 g/mol. The minimum atomic E-state index is 0.0876. The van der Waals surface area contributed by atoms with Gasteiger partial charge < -0.3 is 19.2 Å². The van der Waals surface area contributed by atoms with Crippen molar-refractivity contribution in [3.8, 4) is 0 Å². The van der Waals surface area contributed by atoms with Crippen LogP contribution < -0.4 is 5.56 Å². The summed E-state index contributed by atoms with van der Waals surface area (Å²) in [6, 6.07) is 11.9. The highest BCUT2D eigenvalue weighted by Gasteiger charge is 2.37. The molecule has 3 aromatic rings. The minimum Gasteiger partial charge on any atom is -0.379 e. The lowest BCUT2D eigenvalue weighted by Crippen LogP contribution is -2.49. The van der Waals surface area contributed by atoms with Crippen LogP contribution >= 0.6 is 0 Å². The first kappa shape index (κ1) is 19.8. The molecule has 0 radical (unpaired) electrons. The second kappa shape index (κ2) is 7.90. The number of aromatic amines is 1. The maximum atomic E-state index is 13.4. The lowest BCUT2D eigenvalue weighted by molar-refractivity contribution is 0.0338. The van der Waals surface area contributed by atoms with Crippen LogP contribution in [-0.2, 0) is 17.8 Å². The number of benzene rings is 1. The largest absolute Gasteiger partial charge is 0.379 e. The van der Waals surface area contributed by atoms with Crippen molar-refractivity contribution >= 4 is 16.8 Å². The predicted octanol–water partition coefficient (Wildman–Crippen LogP) is 2.42. The molecular weight excluding hydrogens is 404 g/mol. The van der Waals surface area contributed by atoms with Crippen LogP contribution in [0, 0.1) is 5.92 Å². The van der Waals surface area contributed by atoms with Crippen molar-refractivity contribution in [3.05, 3.63) is 69.8 Å². The zero-order chi connectivity index (χ0) is 21.7. The Morgan fingerprint density at radius 3 is 2.81 bits per heavy atom. The Hall–Kier alpha value is -2.90. The number of aromatic nitrogens is 2. The van der Waals surface area contributed by atoms with Crippen LogP contribution in [-0.4, -0.2) is 64.7 Å². The minimum absolute atomic E-state index is 0.0876. The van der Waals surface area contributed by atoms with E-state index in [-0.39, 0.29) is 17.4 Å². The first-order valence-electron chi connectivity index (χ1n) is 11.6. The van der Waals surface area contributed by atoms with Crippen LogP contribution in [0.4, 0.5) is 0 Å². The Bertz CT molecular complexity index is 1220. The Kier molecular flexibility index (Phi) is 4.88. The number of H-pyrrole nitrogens is 1. The summed E-state index contributed by atoms with van der Waals surface area (Å²) in [6.45, 7) is 5.96. The highest BCUT2D eigenvalue weighted by molar-refractivity contribution is 6.06. The molecule has 1 N–H and O–H groups in total. The third-order valence-electron chi connectivity index (χ3n) is 7.29. The number of likely N-dealkylation sites (tertiary alicyclic amines) is 1. The van der Waals surface area contributed by atoms with E-state index in [9.17, 15) is 9.59 Å². The van der Waals surface area contributed by atoms with Gasteiger partial charge in [0.15, 0.2) is 0 Å². The molecule has 3 aliphatic heterocycles. The molecule has 166 valence electrons. The molecule has 2 fully saturated rings. The van der Waals surface area contributed by atoms with Crippen LogP contribution in [0.25, 0.3) is 10.9 Å². The smallest absolute Gasteiger partial charge is 0.255 e. The molecule has 32 heavy (non-hydrogen) atoms. The summed E-state index contributed by atoms with van der Waals surface area (Å²) in [6.07, 6.45) is 2.92. The maximum Gasteiger partial charge on any atom is 0.255 e. The summed E-state index contributed by atoms with van der Waals surface area (Å²) in [7, 11) is 0. The Labute approximate surface area is 186 Å². The fraction of sp³-hybridized carbons (Fsp3) is 0.440. The fourth-order valence-corrected chi connectivity index (χ4v) is 5.72. The van der Waals surface area contributed by atoms with Crippen LogP contribution in [0.15, 0.2) is 47.4 Å². The van der Waals surface area contributed by atoms with E-state index in [0.717, 1.165) is 60.4 Å². The molecule has 0 spiro atoms. The van der Waals surface area contributed by atoms with Gasteiger partial charge in [-0.05, 0) is 36.6 Å². The SMILES string of the molecule is O=C(c1cccc2[nH]ccc12)N1C[C@@H]2C[C@H](C1)c1ccc(CN3CCOCC3)c(=O)n1C2.